The van der Waals surface area contributed by atoms with E-state index in [9.17, 15) is 23.1 Å². The van der Waals surface area contributed by atoms with Crippen LogP contribution in [0.5, 0.6) is 0 Å². The van der Waals surface area contributed by atoms with E-state index in [0.717, 1.165) is 11.1 Å². The minimum atomic E-state index is -3.61. The predicted molar refractivity (Wildman–Crippen MR) is 104 cm³/mol. The maximum atomic E-state index is 12.7. The van der Waals surface area contributed by atoms with E-state index in [1.54, 1.807) is 0 Å². The molecule has 1 aromatic rings. The highest BCUT2D eigenvalue weighted by Gasteiger charge is 2.33. The van der Waals surface area contributed by atoms with Crippen molar-refractivity contribution in [1.29, 1.82) is 0 Å². The summed E-state index contributed by atoms with van der Waals surface area (Å²) in [6.07, 6.45) is 0.656. The third-order valence-electron chi connectivity index (χ3n) is 5.64. The number of carboxylic acids is 1. The molecule has 1 aliphatic carbocycles. The first-order chi connectivity index (χ1) is 13.7. The second-order valence-electron chi connectivity index (χ2n) is 7.53. The van der Waals surface area contributed by atoms with Crippen LogP contribution in [0, 0.1) is 11.8 Å². The Morgan fingerprint density at radius 1 is 1.03 bits per heavy atom. The maximum Gasteiger partial charge on any atom is 0.243 e. The number of anilines is 1. The summed E-state index contributed by atoms with van der Waals surface area (Å²) in [4.78, 5) is 24.3. The molecule has 1 N–H and O–H groups in total. The van der Waals surface area contributed by atoms with Crippen LogP contribution in [-0.4, -0.2) is 50.9 Å². The SMILES string of the molecule is CC1=C(C)C[C@@H](C(=O)[O-])[C@@H](C(=O)Nc2ccc(S(=O)(=O)N3CCOCC3)cc2)C1. The Balaban J connectivity index is 1.72. The topological polar surface area (TPSA) is 116 Å². The number of nitrogens with zero attached hydrogens (tertiary/aromatic N) is 1. The zero-order chi connectivity index (χ0) is 21.2. The number of nitrogens with one attached hydrogen (secondary N) is 1. The van der Waals surface area contributed by atoms with Crippen LogP contribution in [0.1, 0.15) is 26.7 Å². The number of amides is 1. The largest absolute Gasteiger partial charge is 0.550 e. The molecule has 1 heterocycles. The number of allylic oxidation sites excluding steroid dienone is 2. The highest BCUT2D eigenvalue weighted by molar-refractivity contribution is 7.89. The van der Waals surface area contributed by atoms with Crippen LogP contribution < -0.4 is 10.4 Å². The van der Waals surface area contributed by atoms with Crippen molar-refractivity contribution in [2.45, 2.75) is 31.6 Å². The van der Waals surface area contributed by atoms with Gasteiger partial charge < -0.3 is 20.0 Å². The number of carbonyl (C=O) groups excluding carboxylic acids is 2. The van der Waals surface area contributed by atoms with E-state index < -0.39 is 33.7 Å². The van der Waals surface area contributed by atoms with Crippen molar-refractivity contribution >= 4 is 27.6 Å². The second-order valence-corrected chi connectivity index (χ2v) is 9.47. The average Bonchev–Trinajstić information content (AvgIpc) is 2.70. The lowest BCUT2D eigenvalue weighted by molar-refractivity contribution is -0.313. The van der Waals surface area contributed by atoms with Crippen molar-refractivity contribution in [2.75, 3.05) is 31.6 Å². The number of ether oxygens (including phenoxy) is 1. The number of morpholine rings is 1. The number of rotatable bonds is 5. The average molecular weight is 421 g/mol. The van der Waals surface area contributed by atoms with Gasteiger partial charge >= 0.3 is 0 Å². The molecule has 1 saturated heterocycles. The number of aliphatic carboxylic acids is 1. The smallest absolute Gasteiger partial charge is 0.243 e. The first kappa shape index (κ1) is 21.5. The molecule has 8 nitrogen and oxygen atoms in total. The molecule has 0 spiro atoms. The Kier molecular flexibility index (Phi) is 6.40. The van der Waals surface area contributed by atoms with Crippen LogP contribution in [0.2, 0.25) is 0 Å². The fourth-order valence-corrected chi connectivity index (χ4v) is 5.10. The molecule has 0 saturated carbocycles. The van der Waals surface area contributed by atoms with Crippen molar-refractivity contribution in [2.24, 2.45) is 11.8 Å². The molecule has 0 aromatic heterocycles. The standard InChI is InChI=1S/C20H26N2O6S/c1-13-11-17(18(20(24)25)12-14(13)2)19(23)21-15-3-5-16(6-4-15)29(26,27)22-7-9-28-10-8-22/h3-6,17-18H,7-12H2,1-2H3,(H,21,23)(H,24,25)/p-1/t17-,18+/m0/s1. The first-order valence-corrected chi connectivity index (χ1v) is 11.0. The molecule has 158 valence electrons. The molecule has 2 aliphatic rings. The van der Waals surface area contributed by atoms with Crippen LogP contribution in [0.15, 0.2) is 40.3 Å². The normalized spacial score (nSPS) is 23.7. The van der Waals surface area contributed by atoms with Gasteiger partial charge in [0.2, 0.25) is 15.9 Å². The zero-order valence-electron chi connectivity index (χ0n) is 16.5. The van der Waals surface area contributed by atoms with Crippen molar-refractivity contribution in [3.63, 3.8) is 0 Å². The molecular weight excluding hydrogens is 396 g/mol. The van der Waals surface area contributed by atoms with Crippen molar-refractivity contribution in [3.05, 3.63) is 35.4 Å². The Morgan fingerprint density at radius 3 is 2.14 bits per heavy atom. The summed E-state index contributed by atoms with van der Waals surface area (Å²) in [5.74, 6) is -3.24. The van der Waals surface area contributed by atoms with Crippen molar-refractivity contribution < 1.29 is 27.9 Å². The maximum absolute atomic E-state index is 12.7. The molecule has 29 heavy (non-hydrogen) atoms. The Morgan fingerprint density at radius 2 is 1.59 bits per heavy atom. The van der Waals surface area contributed by atoms with E-state index in [0.29, 0.717) is 44.8 Å². The van der Waals surface area contributed by atoms with E-state index in [4.69, 9.17) is 4.74 Å². The Hall–Kier alpha value is -2.23. The van der Waals surface area contributed by atoms with Crippen molar-refractivity contribution in [1.82, 2.24) is 4.31 Å². The lowest BCUT2D eigenvalue weighted by atomic mass is 9.76. The van der Waals surface area contributed by atoms with Gasteiger partial charge in [-0.3, -0.25) is 4.79 Å². The van der Waals surface area contributed by atoms with Gasteiger partial charge in [-0.2, -0.15) is 4.31 Å². The molecule has 0 bridgehead atoms. The van der Waals surface area contributed by atoms with Crippen molar-refractivity contribution in [3.8, 4) is 0 Å². The Labute approximate surface area is 170 Å². The van der Waals surface area contributed by atoms with Crippen LogP contribution in [-0.2, 0) is 24.3 Å². The monoisotopic (exact) mass is 421 g/mol. The number of carboxylic acid groups (broad SMARTS) is 1. The molecule has 1 fully saturated rings. The third kappa shape index (κ3) is 4.68. The van der Waals surface area contributed by atoms with Gasteiger partial charge in [0.25, 0.3) is 0 Å². The minimum absolute atomic E-state index is 0.136. The van der Waals surface area contributed by atoms with E-state index in [1.807, 2.05) is 13.8 Å². The molecule has 0 unspecified atom stereocenters. The molecule has 1 aliphatic heterocycles. The number of hydrogen-bond donors (Lipinski definition) is 1. The number of benzene rings is 1. The van der Waals surface area contributed by atoms with Gasteiger partial charge in [-0.1, -0.05) is 11.1 Å². The summed E-state index contributed by atoms with van der Waals surface area (Å²) in [5, 5.41) is 14.2. The molecule has 2 atom stereocenters. The number of hydrogen-bond acceptors (Lipinski definition) is 6. The summed E-state index contributed by atoms with van der Waals surface area (Å²) in [5.41, 5.74) is 2.40. The fraction of sp³-hybridized carbons (Fsp3) is 0.500. The van der Waals surface area contributed by atoms with Gasteiger partial charge in [-0.05, 0) is 51.0 Å². The van der Waals surface area contributed by atoms with E-state index in [1.165, 1.54) is 28.6 Å². The van der Waals surface area contributed by atoms with Gasteiger partial charge in [-0.15, -0.1) is 0 Å². The molecule has 3 rings (SSSR count). The van der Waals surface area contributed by atoms with E-state index >= 15 is 0 Å². The van der Waals surface area contributed by atoms with Gasteiger partial charge in [-0.25, -0.2) is 8.42 Å². The number of carbonyl (C=O) groups is 2. The van der Waals surface area contributed by atoms with Gasteiger partial charge in [0.15, 0.2) is 0 Å². The quantitative estimate of drug-likeness (QED) is 0.702. The molecule has 1 amide bonds. The highest BCUT2D eigenvalue weighted by Crippen LogP contribution is 2.34. The zero-order valence-corrected chi connectivity index (χ0v) is 17.3. The molecule has 0 radical (unpaired) electrons. The molecule has 9 heteroatoms. The molecular formula is C20H25N2O6S-. The highest BCUT2D eigenvalue weighted by atomic mass is 32.2. The van der Waals surface area contributed by atoms with Gasteiger partial charge in [0, 0.05) is 30.7 Å². The Bertz CT molecular complexity index is 917. The van der Waals surface area contributed by atoms with Crippen LogP contribution >= 0.6 is 0 Å². The summed E-state index contributed by atoms with van der Waals surface area (Å²) >= 11 is 0. The fourth-order valence-electron chi connectivity index (χ4n) is 3.70. The first-order valence-electron chi connectivity index (χ1n) is 9.55. The minimum Gasteiger partial charge on any atom is -0.550 e. The summed E-state index contributed by atoms with van der Waals surface area (Å²) in [6, 6.07) is 5.89. The van der Waals surface area contributed by atoms with E-state index in [-0.39, 0.29) is 4.90 Å². The second kappa shape index (κ2) is 8.64. The number of sulfonamides is 1. The van der Waals surface area contributed by atoms with Gasteiger partial charge in [0.1, 0.15) is 0 Å². The summed E-state index contributed by atoms with van der Waals surface area (Å²) < 4.78 is 31.9. The van der Waals surface area contributed by atoms with Crippen LogP contribution in [0.25, 0.3) is 0 Å². The third-order valence-corrected chi connectivity index (χ3v) is 7.55. The van der Waals surface area contributed by atoms with Crippen LogP contribution in [0.4, 0.5) is 5.69 Å². The molecule has 1 aromatic carbocycles. The van der Waals surface area contributed by atoms with E-state index in [2.05, 4.69) is 5.32 Å². The predicted octanol–water partition coefficient (Wildman–Crippen LogP) is 0.759. The van der Waals surface area contributed by atoms with Gasteiger partial charge in [0.05, 0.1) is 24.0 Å². The summed E-state index contributed by atoms with van der Waals surface area (Å²) in [6.45, 7) is 5.10. The lowest BCUT2D eigenvalue weighted by Crippen LogP contribution is -2.42. The summed E-state index contributed by atoms with van der Waals surface area (Å²) in [7, 11) is -3.61. The lowest BCUT2D eigenvalue weighted by Gasteiger charge is -2.32. The van der Waals surface area contributed by atoms with Crippen LogP contribution in [0.3, 0.4) is 0 Å².